The number of nitrogens with one attached hydrogen (secondary N) is 1. The maximum Gasteiger partial charge on any atom is 0.225 e. The molecule has 3 rings (SSSR count). The quantitative estimate of drug-likeness (QED) is 0.911. The first kappa shape index (κ1) is 16.2. The van der Waals surface area contributed by atoms with Crippen molar-refractivity contribution in [2.75, 3.05) is 6.54 Å². The molecular formula is C16H21ClN4O2. The maximum atomic E-state index is 12.4. The fourth-order valence-electron chi connectivity index (χ4n) is 3.40. The van der Waals surface area contributed by atoms with Gasteiger partial charge in [-0.3, -0.25) is 9.59 Å². The minimum absolute atomic E-state index is 0.0287. The highest BCUT2D eigenvalue weighted by atomic mass is 35.5. The number of rotatable bonds is 4. The number of hydrogen-bond donors (Lipinski definition) is 1. The zero-order valence-corrected chi connectivity index (χ0v) is 13.8. The van der Waals surface area contributed by atoms with Crippen LogP contribution in [0.4, 0.5) is 0 Å². The van der Waals surface area contributed by atoms with Gasteiger partial charge in [-0.1, -0.05) is 24.4 Å². The molecule has 124 valence electrons. The maximum absolute atomic E-state index is 12.4. The molecule has 7 heteroatoms. The van der Waals surface area contributed by atoms with Gasteiger partial charge in [-0.2, -0.15) is 0 Å². The Kier molecular flexibility index (Phi) is 5.10. The molecule has 6 nitrogen and oxygen atoms in total. The highest BCUT2D eigenvalue weighted by Gasteiger charge is 2.35. The number of aromatic nitrogens is 2. The molecule has 0 radical (unpaired) electrons. The van der Waals surface area contributed by atoms with Crippen LogP contribution in [0.2, 0.25) is 5.02 Å². The number of hydrogen-bond acceptors (Lipinski definition) is 4. The van der Waals surface area contributed by atoms with Crippen LogP contribution >= 0.6 is 11.6 Å². The number of nitrogens with zero attached hydrogens (tertiary/aromatic N) is 3. The number of amides is 2. The van der Waals surface area contributed by atoms with Crippen LogP contribution in [0.3, 0.4) is 0 Å². The summed E-state index contributed by atoms with van der Waals surface area (Å²) < 4.78 is 0. The molecule has 1 aliphatic heterocycles. The van der Waals surface area contributed by atoms with Crippen LogP contribution in [0, 0.1) is 5.92 Å². The van der Waals surface area contributed by atoms with E-state index in [4.69, 9.17) is 11.6 Å². The highest BCUT2D eigenvalue weighted by Crippen LogP contribution is 2.28. The fourth-order valence-corrected chi connectivity index (χ4v) is 3.49. The Hall–Kier alpha value is -1.69. The average Bonchev–Trinajstić information content (AvgIpc) is 3.09. The van der Waals surface area contributed by atoms with Crippen molar-refractivity contribution in [2.24, 2.45) is 5.92 Å². The molecule has 1 N–H and O–H groups in total. The third-order valence-corrected chi connectivity index (χ3v) is 4.87. The van der Waals surface area contributed by atoms with E-state index >= 15 is 0 Å². The molecule has 2 heterocycles. The van der Waals surface area contributed by atoms with Gasteiger partial charge < -0.3 is 10.2 Å². The number of likely N-dealkylation sites (tertiary alicyclic amines) is 1. The Labute approximate surface area is 140 Å². The summed E-state index contributed by atoms with van der Waals surface area (Å²) in [7, 11) is 0. The van der Waals surface area contributed by atoms with E-state index in [-0.39, 0.29) is 24.3 Å². The third kappa shape index (κ3) is 3.99. The number of piperidine rings is 1. The lowest BCUT2D eigenvalue weighted by Crippen LogP contribution is -2.49. The summed E-state index contributed by atoms with van der Waals surface area (Å²) >= 11 is 5.74. The van der Waals surface area contributed by atoms with E-state index in [9.17, 15) is 9.59 Å². The highest BCUT2D eigenvalue weighted by molar-refractivity contribution is 6.30. The Morgan fingerprint density at radius 1 is 1.26 bits per heavy atom. The molecule has 1 aliphatic carbocycles. The zero-order chi connectivity index (χ0) is 16.2. The largest absolute Gasteiger partial charge is 0.349 e. The second-order valence-electron chi connectivity index (χ2n) is 6.26. The van der Waals surface area contributed by atoms with E-state index in [0.29, 0.717) is 36.3 Å². The molecule has 0 spiro atoms. The topological polar surface area (TPSA) is 75.2 Å². The van der Waals surface area contributed by atoms with Crippen molar-refractivity contribution in [2.45, 2.75) is 51.1 Å². The monoisotopic (exact) mass is 336 g/mol. The van der Waals surface area contributed by atoms with Crippen LogP contribution in [-0.2, 0) is 16.1 Å². The van der Waals surface area contributed by atoms with Gasteiger partial charge >= 0.3 is 0 Å². The molecule has 1 atom stereocenters. The molecule has 1 aromatic heterocycles. The smallest absolute Gasteiger partial charge is 0.225 e. The fraction of sp³-hybridized carbons (Fsp3) is 0.625. The molecule has 0 bridgehead atoms. The molecular weight excluding hydrogens is 316 g/mol. The van der Waals surface area contributed by atoms with E-state index in [0.717, 1.165) is 12.8 Å². The molecule has 1 saturated heterocycles. The van der Waals surface area contributed by atoms with Crippen LogP contribution in [0.15, 0.2) is 12.4 Å². The Balaban J connectivity index is 1.54. The SMILES string of the molecule is O=C(NCc1ncc(Cl)cn1)[C@@H]1CCC(=O)N(C2CCCC2)C1. The first-order valence-corrected chi connectivity index (χ1v) is 8.55. The molecule has 0 unspecified atom stereocenters. The van der Waals surface area contributed by atoms with Crippen molar-refractivity contribution < 1.29 is 9.59 Å². The van der Waals surface area contributed by atoms with E-state index in [1.165, 1.54) is 25.2 Å². The van der Waals surface area contributed by atoms with Crippen LogP contribution in [0.1, 0.15) is 44.3 Å². The minimum Gasteiger partial charge on any atom is -0.349 e. The predicted molar refractivity (Wildman–Crippen MR) is 85.6 cm³/mol. The summed E-state index contributed by atoms with van der Waals surface area (Å²) in [5.41, 5.74) is 0. The molecule has 2 fully saturated rings. The number of halogens is 1. The van der Waals surface area contributed by atoms with Crippen LogP contribution in [-0.4, -0.2) is 39.3 Å². The van der Waals surface area contributed by atoms with E-state index in [1.807, 2.05) is 4.90 Å². The second-order valence-corrected chi connectivity index (χ2v) is 6.69. The second kappa shape index (κ2) is 7.25. The van der Waals surface area contributed by atoms with Gasteiger partial charge in [0.1, 0.15) is 5.82 Å². The molecule has 1 aromatic rings. The molecule has 2 aliphatic rings. The average molecular weight is 337 g/mol. The summed E-state index contributed by atoms with van der Waals surface area (Å²) in [5, 5.41) is 3.34. The number of carbonyl (C=O) groups is 2. The van der Waals surface area contributed by atoms with Gasteiger partial charge in [0.25, 0.3) is 0 Å². The van der Waals surface area contributed by atoms with Gasteiger partial charge in [0.05, 0.1) is 17.5 Å². The van der Waals surface area contributed by atoms with Gasteiger partial charge in [0.2, 0.25) is 11.8 Å². The summed E-state index contributed by atoms with van der Waals surface area (Å²) in [6.07, 6.45) is 8.60. The van der Waals surface area contributed by atoms with Crippen LogP contribution < -0.4 is 5.32 Å². The lowest BCUT2D eigenvalue weighted by molar-refractivity contribution is -0.140. The van der Waals surface area contributed by atoms with Gasteiger partial charge in [0, 0.05) is 31.4 Å². The van der Waals surface area contributed by atoms with E-state index in [1.54, 1.807) is 0 Å². The summed E-state index contributed by atoms with van der Waals surface area (Å²) in [6.45, 7) is 0.820. The van der Waals surface area contributed by atoms with Gasteiger partial charge in [-0.05, 0) is 19.3 Å². The van der Waals surface area contributed by atoms with Gasteiger partial charge in [0.15, 0.2) is 0 Å². The van der Waals surface area contributed by atoms with Crippen LogP contribution in [0.25, 0.3) is 0 Å². The lowest BCUT2D eigenvalue weighted by atomic mass is 9.95. The number of carbonyl (C=O) groups excluding carboxylic acids is 2. The van der Waals surface area contributed by atoms with Crippen LogP contribution in [0.5, 0.6) is 0 Å². The van der Waals surface area contributed by atoms with Crippen molar-refractivity contribution in [3.63, 3.8) is 0 Å². The van der Waals surface area contributed by atoms with Crippen molar-refractivity contribution in [1.82, 2.24) is 20.2 Å². The molecule has 23 heavy (non-hydrogen) atoms. The lowest BCUT2D eigenvalue weighted by Gasteiger charge is -2.36. The van der Waals surface area contributed by atoms with Crippen molar-refractivity contribution in [1.29, 1.82) is 0 Å². The standard InChI is InChI=1S/C16H21ClN4O2/c17-12-7-18-14(19-8-12)9-20-16(23)11-5-6-15(22)21(10-11)13-3-1-2-4-13/h7-8,11,13H,1-6,9-10H2,(H,20,23)/t11-/m1/s1. The van der Waals surface area contributed by atoms with Gasteiger partial charge in [-0.15, -0.1) is 0 Å². The molecule has 2 amide bonds. The summed E-state index contributed by atoms with van der Waals surface area (Å²) in [4.78, 5) is 34.6. The third-order valence-electron chi connectivity index (χ3n) is 4.67. The van der Waals surface area contributed by atoms with Crippen molar-refractivity contribution in [3.05, 3.63) is 23.2 Å². The first-order chi connectivity index (χ1) is 11.1. The Morgan fingerprint density at radius 2 is 1.96 bits per heavy atom. The molecule has 0 aromatic carbocycles. The first-order valence-electron chi connectivity index (χ1n) is 8.17. The summed E-state index contributed by atoms with van der Waals surface area (Å²) in [6, 6.07) is 0.331. The summed E-state index contributed by atoms with van der Waals surface area (Å²) in [5.74, 6) is 0.559. The van der Waals surface area contributed by atoms with E-state index in [2.05, 4.69) is 15.3 Å². The predicted octanol–water partition coefficient (Wildman–Crippen LogP) is 1.93. The van der Waals surface area contributed by atoms with Crippen molar-refractivity contribution in [3.8, 4) is 0 Å². The van der Waals surface area contributed by atoms with Gasteiger partial charge in [-0.25, -0.2) is 9.97 Å². The van der Waals surface area contributed by atoms with Crippen molar-refractivity contribution >= 4 is 23.4 Å². The minimum atomic E-state index is -0.138. The zero-order valence-electron chi connectivity index (χ0n) is 13.0. The normalized spacial score (nSPS) is 22.4. The molecule has 1 saturated carbocycles. The Bertz CT molecular complexity index is 572. The Morgan fingerprint density at radius 3 is 2.65 bits per heavy atom. The van der Waals surface area contributed by atoms with E-state index < -0.39 is 0 Å².